The molecule has 1 heterocycles. The molecule has 8 heteroatoms. The number of piperazine rings is 1. The number of hydrogen-bond acceptors (Lipinski definition) is 3. The minimum absolute atomic E-state index is 0. The van der Waals surface area contributed by atoms with E-state index in [9.17, 15) is 9.18 Å². The number of amides is 1. The van der Waals surface area contributed by atoms with Gasteiger partial charge in [0.15, 0.2) is 0 Å². The molecule has 0 bridgehead atoms. The number of carbonyl (C=O) groups is 1. The molecule has 26 heavy (non-hydrogen) atoms. The third kappa shape index (κ3) is 5.96. The number of nitrogens with zero attached hydrogens (tertiary/aromatic N) is 2. The van der Waals surface area contributed by atoms with E-state index in [2.05, 4.69) is 4.90 Å². The molecule has 1 saturated carbocycles. The van der Waals surface area contributed by atoms with Crippen molar-refractivity contribution in [1.82, 2.24) is 9.80 Å². The van der Waals surface area contributed by atoms with Gasteiger partial charge >= 0.3 is 0 Å². The second kappa shape index (κ2) is 10.7. The summed E-state index contributed by atoms with van der Waals surface area (Å²) in [7, 11) is 0. The number of rotatable bonds is 3. The molecule has 3 rings (SSSR count). The predicted octanol–water partition coefficient (Wildman–Crippen LogP) is 3.48. The zero-order chi connectivity index (χ0) is 17.1. The van der Waals surface area contributed by atoms with Crippen LogP contribution in [0.1, 0.15) is 31.2 Å². The lowest BCUT2D eigenvalue weighted by molar-refractivity contribution is -0.138. The van der Waals surface area contributed by atoms with Gasteiger partial charge in [0.2, 0.25) is 5.91 Å². The van der Waals surface area contributed by atoms with Crippen molar-refractivity contribution in [3.63, 3.8) is 0 Å². The first-order valence-corrected chi connectivity index (χ1v) is 9.11. The van der Waals surface area contributed by atoms with Gasteiger partial charge in [0.05, 0.1) is 0 Å². The Balaban J connectivity index is 0.00000169. The first-order chi connectivity index (χ1) is 11.5. The molecule has 4 nitrogen and oxygen atoms in total. The van der Waals surface area contributed by atoms with Crippen LogP contribution in [0.25, 0.3) is 0 Å². The maximum atomic E-state index is 13.1. The lowest BCUT2D eigenvalue weighted by Gasteiger charge is -2.38. The van der Waals surface area contributed by atoms with Crippen LogP contribution in [0.5, 0.6) is 0 Å². The number of carbonyl (C=O) groups excluding carboxylic acids is 1. The minimum Gasteiger partial charge on any atom is -0.340 e. The SMILES string of the molecule is Cl.Cl.NC1CCCC(C(=O)N2CCN(Cc3ccc(F)cc3Cl)CC2)C1. The van der Waals surface area contributed by atoms with E-state index in [1.54, 1.807) is 6.07 Å². The molecule has 1 aromatic carbocycles. The Hall–Kier alpha value is -0.590. The summed E-state index contributed by atoms with van der Waals surface area (Å²) in [6.07, 6.45) is 3.89. The maximum Gasteiger partial charge on any atom is 0.225 e. The Morgan fingerprint density at radius 3 is 2.50 bits per heavy atom. The van der Waals surface area contributed by atoms with Gasteiger partial charge in [-0.15, -0.1) is 24.8 Å². The van der Waals surface area contributed by atoms with Crippen molar-refractivity contribution in [2.45, 2.75) is 38.3 Å². The van der Waals surface area contributed by atoms with E-state index in [0.717, 1.165) is 57.4 Å². The summed E-state index contributed by atoms with van der Waals surface area (Å²) in [5.74, 6) is 0.0568. The highest BCUT2D eigenvalue weighted by molar-refractivity contribution is 6.31. The highest BCUT2D eigenvalue weighted by Gasteiger charge is 2.30. The van der Waals surface area contributed by atoms with Crippen molar-refractivity contribution in [3.8, 4) is 0 Å². The Labute approximate surface area is 172 Å². The summed E-state index contributed by atoms with van der Waals surface area (Å²) in [6.45, 7) is 3.80. The first kappa shape index (κ1) is 23.4. The Morgan fingerprint density at radius 1 is 1.19 bits per heavy atom. The fraction of sp³-hybridized carbons (Fsp3) is 0.611. The van der Waals surface area contributed by atoms with Gasteiger partial charge in [-0.1, -0.05) is 24.1 Å². The summed E-state index contributed by atoms with van der Waals surface area (Å²) in [5.41, 5.74) is 6.93. The highest BCUT2D eigenvalue weighted by atomic mass is 35.5. The molecule has 1 amide bonds. The molecule has 0 radical (unpaired) electrons. The van der Waals surface area contributed by atoms with E-state index in [0.29, 0.717) is 11.6 Å². The molecule has 2 atom stereocenters. The van der Waals surface area contributed by atoms with Crippen LogP contribution < -0.4 is 5.73 Å². The van der Waals surface area contributed by atoms with Gasteiger partial charge in [0.25, 0.3) is 0 Å². The lowest BCUT2D eigenvalue weighted by Crippen LogP contribution is -2.51. The zero-order valence-corrected chi connectivity index (χ0v) is 17.1. The van der Waals surface area contributed by atoms with Crippen molar-refractivity contribution in [2.75, 3.05) is 26.2 Å². The number of benzene rings is 1. The molecule has 2 N–H and O–H groups in total. The molecular weight excluding hydrogens is 400 g/mol. The van der Waals surface area contributed by atoms with Gasteiger partial charge < -0.3 is 10.6 Å². The third-order valence-corrected chi connectivity index (χ3v) is 5.51. The average Bonchev–Trinajstić information content (AvgIpc) is 2.57. The topological polar surface area (TPSA) is 49.6 Å². The summed E-state index contributed by atoms with van der Waals surface area (Å²) >= 11 is 6.10. The average molecular weight is 427 g/mol. The second-order valence-electron chi connectivity index (χ2n) is 6.96. The Morgan fingerprint density at radius 2 is 1.88 bits per heavy atom. The number of nitrogens with two attached hydrogens (primary N) is 1. The standard InChI is InChI=1S/C18H25ClFN3O.2ClH/c19-17-11-15(20)5-4-14(17)12-22-6-8-23(9-7-22)18(24)13-2-1-3-16(21)10-13;;/h4-5,11,13,16H,1-3,6-10,12,21H2;2*1H. The molecule has 2 fully saturated rings. The molecular formula is C18H27Cl3FN3O. The van der Waals surface area contributed by atoms with Crippen LogP contribution in [0.3, 0.4) is 0 Å². The van der Waals surface area contributed by atoms with Gasteiger partial charge in [-0.05, 0) is 37.0 Å². The summed E-state index contributed by atoms with van der Waals surface area (Å²) in [5, 5.41) is 0.463. The van der Waals surface area contributed by atoms with Gasteiger partial charge in [-0.2, -0.15) is 0 Å². The van der Waals surface area contributed by atoms with Crippen LogP contribution >= 0.6 is 36.4 Å². The second-order valence-corrected chi connectivity index (χ2v) is 7.37. The molecule has 0 aromatic heterocycles. The van der Waals surface area contributed by atoms with Gasteiger partial charge in [0, 0.05) is 49.7 Å². The summed E-state index contributed by atoms with van der Waals surface area (Å²) in [4.78, 5) is 16.9. The molecule has 148 valence electrons. The Bertz CT molecular complexity index is 597. The van der Waals surface area contributed by atoms with Gasteiger partial charge in [0.1, 0.15) is 5.82 Å². The van der Waals surface area contributed by atoms with Crippen molar-refractivity contribution in [1.29, 1.82) is 0 Å². The minimum atomic E-state index is -0.315. The summed E-state index contributed by atoms with van der Waals surface area (Å²) < 4.78 is 13.1. The quantitative estimate of drug-likeness (QED) is 0.805. The lowest BCUT2D eigenvalue weighted by atomic mass is 9.85. The van der Waals surface area contributed by atoms with Crippen molar-refractivity contribution in [2.24, 2.45) is 11.7 Å². The molecule has 1 saturated heterocycles. The molecule has 1 aliphatic carbocycles. The fourth-order valence-electron chi connectivity index (χ4n) is 3.73. The van der Waals surface area contributed by atoms with Crippen LogP contribution in [0, 0.1) is 11.7 Å². The number of halogens is 4. The van der Waals surface area contributed by atoms with E-state index in [1.807, 2.05) is 4.90 Å². The molecule has 0 spiro atoms. The van der Waals surface area contributed by atoms with Crippen LogP contribution in [0.4, 0.5) is 4.39 Å². The molecule has 1 aliphatic heterocycles. The highest BCUT2D eigenvalue weighted by Crippen LogP contribution is 2.26. The molecule has 1 aromatic rings. The smallest absolute Gasteiger partial charge is 0.225 e. The van der Waals surface area contributed by atoms with E-state index < -0.39 is 0 Å². The van der Waals surface area contributed by atoms with Crippen LogP contribution in [0.15, 0.2) is 18.2 Å². The zero-order valence-electron chi connectivity index (χ0n) is 14.7. The van der Waals surface area contributed by atoms with E-state index in [1.165, 1.54) is 12.1 Å². The van der Waals surface area contributed by atoms with Crippen molar-refractivity contribution < 1.29 is 9.18 Å². The maximum absolute atomic E-state index is 13.1. The van der Waals surface area contributed by atoms with Crippen molar-refractivity contribution >= 4 is 42.3 Å². The third-order valence-electron chi connectivity index (χ3n) is 5.16. The summed E-state index contributed by atoms with van der Waals surface area (Å²) in [6, 6.07) is 4.70. The van der Waals surface area contributed by atoms with Crippen LogP contribution in [0.2, 0.25) is 5.02 Å². The van der Waals surface area contributed by atoms with E-state index in [4.69, 9.17) is 17.3 Å². The van der Waals surface area contributed by atoms with Crippen LogP contribution in [-0.2, 0) is 11.3 Å². The predicted molar refractivity (Wildman–Crippen MR) is 108 cm³/mol. The van der Waals surface area contributed by atoms with Gasteiger partial charge in [-0.25, -0.2) is 4.39 Å². The monoisotopic (exact) mass is 425 g/mol. The largest absolute Gasteiger partial charge is 0.340 e. The first-order valence-electron chi connectivity index (χ1n) is 8.73. The van der Waals surface area contributed by atoms with Gasteiger partial charge in [-0.3, -0.25) is 9.69 Å². The molecule has 2 unspecified atom stereocenters. The van der Waals surface area contributed by atoms with E-state index >= 15 is 0 Å². The van der Waals surface area contributed by atoms with Crippen LogP contribution in [-0.4, -0.2) is 47.9 Å². The normalized spacial score (nSPS) is 23.7. The molecule has 2 aliphatic rings. The fourth-order valence-corrected chi connectivity index (χ4v) is 3.95. The van der Waals surface area contributed by atoms with E-state index in [-0.39, 0.29) is 48.5 Å². The van der Waals surface area contributed by atoms with Crippen molar-refractivity contribution in [3.05, 3.63) is 34.6 Å². The Kier molecular flexibility index (Phi) is 9.62. The number of hydrogen-bond donors (Lipinski definition) is 1.